The molecule has 1 saturated heterocycles. The fourth-order valence-corrected chi connectivity index (χ4v) is 3.55. The van der Waals surface area contributed by atoms with E-state index >= 15 is 0 Å². The lowest BCUT2D eigenvalue weighted by Crippen LogP contribution is -2.25. The molecule has 1 aromatic rings. The molecule has 19 heavy (non-hydrogen) atoms. The summed E-state index contributed by atoms with van der Waals surface area (Å²) in [5.41, 5.74) is 1.13. The van der Waals surface area contributed by atoms with Gasteiger partial charge in [0.25, 0.3) is 0 Å². The molecule has 1 N–H and O–H groups in total. The summed E-state index contributed by atoms with van der Waals surface area (Å²) in [6.45, 7) is 0.448. The van der Waals surface area contributed by atoms with Gasteiger partial charge in [-0.1, -0.05) is 6.07 Å². The molecule has 1 aliphatic heterocycles. The number of sulfonamides is 1. The molecule has 0 radical (unpaired) electrons. The molecule has 0 bridgehead atoms. The Labute approximate surface area is 112 Å². The summed E-state index contributed by atoms with van der Waals surface area (Å²) in [6, 6.07) is 6.79. The highest BCUT2D eigenvalue weighted by Gasteiger charge is 2.28. The zero-order valence-corrected chi connectivity index (χ0v) is 11.4. The predicted octanol–water partition coefficient (Wildman–Crippen LogP) is 0.811. The van der Waals surface area contributed by atoms with Crippen molar-refractivity contribution >= 4 is 27.3 Å². The molecule has 0 aliphatic carbocycles. The number of nitrogens with one attached hydrogen (secondary N) is 1. The van der Waals surface area contributed by atoms with Crippen molar-refractivity contribution in [1.82, 2.24) is 0 Å². The van der Waals surface area contributed by atoms with Crippen LogP contribution in [-0.4, -0.2) is 40.3 Å². The molecular weight excluding hydrogens is 268 g/mol. The number of hydrogen-bond donors (Lipinski definition) is 1. The van der Waals surface area contributed by atoms with E-state index in [0.717, 1.165) is 0 Å². The minimum atomic E-state index is -3.20. The highest BCUT2D eigenvalue weighted by Crippen LogP contribution is 2.26. The van der Waals surface area contributed by atoms with Crippen LogP contribution in [0.25, 0.3) is 0 Å². The SMILES string of the molecule is COCC(=O)Nc1cccc(N2CCCS2(=O)=O)c1. The predicted molar refractivity (Wildman–Crippen MR) is 72.7 cm³/mol. The van der Waals surface area contributed by atoms with Gasteiger partial charge < -0.3 is 10.1 Å². The first-order valence-electron chi connectivity index (χ1n) is 5.92. The first kappa shape index (κ1) is 13.8. The smallest absolute Gasteiger partial charge is 0.250 e. The van der Waals surface area contributed by atoms with Gasteiger partial charge in [0, 0.05) is 19.3 Å². The van der Waals surface area contributed by atoms with Gasteiger partial charge in [-0.3, -0.25) is 9.10 Å². The lowest BCUT2D eigenvalue weighted by Gasteiger charge is -2.17. The van der Waals surface area contributed by atoms with E-state index in [-0.39, 0.29) is 18.3 Å². The van der Waals surface area contributed by atoms with E-state index in [9.17, 15) is 13.2 Å². The van der Waals surface area contributed by atoms with E-state index < -0.39 is 10.0 Å². The topological polar surface area (TPSA) is 75.7 Å². The number of rotatable bonds is 4. The van der Waals surface area contributed by atoms with Crippen molar-refractivity contribution in [3.05, 3.63) is 24.3 Å². The molecule has 7 heteroatoms. The minimum Gasteiger partial charge on any atom is -0.375 e. The molecule has 0 unspecified atom stereocenters. The third kappa shape index (κ3) is 3.24. The van der Waals surface area contributed by atoms with Gasteiger partial charge in [-0.15, -0.1) is 0 Å². The molecule has 0 atom stereocenters. The van der Waals surface area contributed by atoms with Crippen LogP contribution in [0.5, 0.6) is 0 Å². The number of amides is 1. The average molecular weight is 284 g/mol. The highest BCUT2D eigenvalue weighted by atomic mass is 32.2. The molecule has 0 spiro atoms. The van der Waals surface area contributed by atoms with Crippen LogP contribution in [0, 0.1) is 0 Å². The van der Waals surface area contributed by atoms with E-state index in [1.165, 1.54) is 11.4 Å². The Balaban J connectivity index is 2.18. The molecule has 0 saturated carbocycles. The monoisotopic (exact) mass is 284 g/mol. The molecule has 104 valence electrons. The van der Waals surface area contributed by atoms with Crippen molar-refractivity contribution < 1.29 is 17.9 Å². The lowest BCUT2D eigenvalue weighted by atomic mass is 10.2. The van der Waals surface area contributed by atoms with Gasteiger partial charge in [0.1, 0.15) is 6.61 Å². The van der Waals surface area contributed by atoms with Crippen LogP contribution < -0.4 is 9.62 Å². The number of carbonyl (C=O) groups excluding carboxylic acids is 1. The summed E-state index contributed by atoms with van der Waals surface area (Å²) < 4.78 is 29.7. The molecule has 1 aliphatic rings. The number of nitrogens with zero attached hydrogens (tertiary/aromatic N) is 1. The Bertz CT molecular complexity index is 571. The molecule has 2 rings (SSSR count). The van der Waals surface area contributed by atoms with Gasteiger partial charge in [-0.25, -0.2) is 8.42 Å². The van der Waals surface area contributed by atoms with Crippen LogP contribution in [0.4, 0.5) is 11.4 Å². The van der Waals surface area contributed by atoms with Crippen LogP contribution in [0.15, 0.2) is 24.3 Å². The third-order valence-corrected chi connectivity index (χ3v) is 4.66. The van der Waals surface area contributed by atoms with Crippen molar-refractivity contribution in [2.24, 2.45) is 0 Å². The van der Waals surface area contributed by atoms with Crippen molar-refractivity contribution in [1.29, 1.82) is 0 Å². The Morgan fingerprint density at radius 1 is 1.47 bits per heavy atom. The van der Waals surface area contributed by atoms with Gasteiger partial charge in [-0.05, 0) is 24.6 Å². The molecule has 1 heterocycles. The van der Waals surface area contributed by atoms with Crippen molar-refractivity contribution in [3.8, 4) is 0 Å². The molecule has 1 amide bonds. The first-order chi connectivity index (χ1) is 9.03. The number of anilines is 2. The number of carbonyl (C=O) groups is 1. The first-order valence-corrected chi connectivity index (χ1v) is 7.53. The molecule has 1 aromatic carbocycles. The molecule has 6 nitrogen and oxygen atoms in total. The van der Waals surface area contributed by atoms with Gasteiger partial charge in [0.05, 0.1) is 11.4 Å². The van der Waals surface area contributed by atoms with Gasteiger partial charge in [-0.2, -0.15) is 0 Å². The minimum absolute atomic E-state index is 0.0355. The summed E-state index contributed by atoms with van der Waals surface area (Å²) >= 11 is 0. The van der Waals surface area contributed by atoms with Crippen LogP contribution in [0.2, 0.25) is 0 Å². The standard InChI is InChI=1S/C12H16N2O4S/c1-18-9-12(15)13-10-4-2-5-11(8-10)14-6-3-7-19(14,16)17/h2,4-5,8H,3,6-7,9H2,1H3,(H,13,15). The average Bonchev–Trinajstić information content (AvgIpc) is 2.69. The fourth-order valence-electron chi connectivity index (χ4n) is 2.00. The molecular formula is C12H16N2O4S. The Morgan fingerprint density at radius 2 is 2.26 bits per heavy atom. The number of hydrogen-bond acceptors (Lipinski definition) is 4. The van der Waals surface area contributed by atoms with Crippen molar-refractivity contribution in [3.63, 3.8) is 0 Å². The lowest BCUT2D eigenvalue weighted by molar-refractivity contribution is -0.119. The summed E-state index contributed by atoms with van der Waals surface area (Å²) in [6.07, 6.45) is 0.628. The second-order valence-electron chi connectivity index (χ2n) is 4.27. The highest BCUT2D eigenvalue weighted by molar-refractivity contribution is 7.93. The Morgan fingerprint density at radius 3 is 2.89 bits per heavy atom. The van der Waals surface area contributed by atoms with Crippen LogP contribution >= 0.6 is 0 Å². The number of ether oxygens (including phenoxy) is 1. The zero-order valence-electron chi connectivity index (χ0n) is 10.6. The van der Waals surface area contributed by atoms with Gasteiger partial charge in [0.15, 0.2) is 0 Å². The summed E-state index contributed by atoms with van der Waals surface area (Å²) in [7, 11) is -1.76. The van der Waals surface area contributed by atoms with E-state index in [2.05, 4.69) is 5.32 Å². The number of methoxy groups -OCH3 is 1. The second kappa shape index (κ2) is 5.58. The molecule has 1 fully saturated rings. The summed E-state index contributed by atoms with van der Waals surface area (Å²) in [4.78, 5) is 11.4. The van der Waals surface area contributed by atoms with Crippen molar-refractivity contribution in [2.75, 3.05) is 35.6 Å². The quantitative estimate of drug-likeness (QED) is 0.888. The van der Waals surface area contributed by atoms with Crippen LogP contribution in [0.3, 0.4) is 0 Å². The maximum atomic E-state index is 11.8. The maximum Gasteiger partial charge on any atom is 0.250 e. The maximum absolute atomic E-state index is 11.8. The summed E-state index contributed by atoms with van der Waals surface area (Å²) in [5, 5.41) is 2.65. The third-order valence-electron chi connectivity index (χ3n) is 2.79. The van der Waals surface area contributed by atoms with Gasteiger partial charge >= 0.3 is 0 Å². The van der Waals surface area contributed by atoms with Gasteiger partial charge in [0.2, 0.25) is 15.9 Å². The van der Waals surface area contributed by atoms with E-state index in [4.69, 9.17) is 4.74 Å². The van der Waals surface area contributed by atoms with Crippen LogP contribution in [-0.2, 0) is 19.6 Å². The van der Waals surface area contributed by atoms with E-state index in [1.54, 1.807) is 24.3 Å². The zero-order chi connectivity index (χ0) is 13.9. The van der Waals surface area contributed by atoms with E-state index in [0.29, 0.717) is 24.3 Å². The Hall–Kier alpha value is -1.60. The summed E-state index contributed by atoms with van der Waals surface area (Å²) in [5.74, 6) is -0.100. The largest absolute Gasteiger partial charge is 0.375 e. The number of benzene rings is 1. The Kier molecular flexibility index (Phi) is 4.06. The van der Waals surface area contributed by atoms with E-state index in [1.807, 2.05) is 0 Å². The van der Waals surface area contributed by atoms with Crippen molar-refractivity contribution in [2.45, 2.75) is 6.42 Å². The normalized spacial score (nSPS) is 17.4. The second-order valence-corrected chi connectivity index (χ2v) is 6.29. The van der Waals surface area contributed by atoms with Crippen LogP contribution in [0.1, 0.15) is 6.42 Å². The fraction of sp³-hybridized carbons (Fsp3) is 0.417. The molecule has 0 aromatic heterocycles.